The van der Waals surface area contributed by atoms with Crippen molar-refractivity contribution in [1.82, 2.24) is 9.97 Å². The molecule has 152 valence electrons. The zero-order chi connectivity index (χ0) is 20.5. The highest BCUT2D eigenvalue weighted by Crippen LogP contribution is 2.33. The number of methoxy groups -OCH3 is 1. The Hall–Kier alpha value is -2.92. The molecule has 0 aliphatic carbocycles. The second-order valence-electron chi connectivity index (χ2n) is 7.29. The van der Waals surface area contributed by atoms with Crippen molar-refractivity contribution in [1.29, 1.82) is 0 Å². The van der Waals surface area contributed by atoms with E-state index >= 15 is 0 Å². The molecule has 5 heteroatoms. The number of aromatic nitrogens is 2. The molecule has 3 aromatic rings. The van der Waals surface area contributed by atoms with E-state index in [4.69, 9.17) is 4.74 Å². The van der Waals surface area contributed by atoms with Crippen molar-refractivity contribution in [3.63, 3.8) is 0 Å². The first kappa shape index (κ1) is 20.8. The van der Waals surface area contributed by atoms with E-state index in [1.807, 2.05) is 48.8 Å². The summed E-state index contributed by atoms with van der Waals surface area (Å²) in [5, 5.41) is 14.7. The Labute approximate surface area is 172 Å². The Morgan fingerprint density at radius 2 is 1.72 bits per heavy atom. The quantitative estimate of drug-likeness (QED) is 0.496. The van der Waals surface area contributed by atoms with Crippen LogP contribution < -0.4 is 10.1 Å². The zero-order valence-electron chi connectivity index (χ0n) is 17.1. The number of aliphatic hydroxyl groups is 1. The summed E-state index contributed by atoms with van der Waals surface area (Å²) in [6.07, 6.45) is 9.82. The van der Waals surface area contributed by atoms with E-state index in [2.05, 4.69) is 27.4 Å². The molecule has 1 atom stereocenters. The SMILES string of the molecule is COc1ccc(C(C)(O)c2ncccc2NCCCCCc2ccncc2)cc1. The van der Waals surface area contributed by atoms with E-state index in [-0.39, 0.29) is 0 Å². The fourth-order valence-electron chi connectivity index (χ4n) is 3.39. The summed E-state index contributed by atoms with van der Waals surface area (Å²) in [5.74, 6) is 0.760. The molecule has 29 heavy (non-hydrogen) atoms. The number of ether oxygens (including phenoxy) is 1. The summed E-state index contributed by atoms with van der Waals surface area (Å²) in [6, 6.07) is 15.4. The Balaban J connectivity index is 1.56. The largest absolute Gasteiger partial charge is 0.497 e. The molecule has 1 aromatic carbocycles. The minimum absolute atomic E-state index is 0.627. The highest BCUT2D eigenvalue weighted by atomic mass is 16.5. The number of anilines is 1. The van der Waals surface area contributed by atoms with Crippen LogP contribution in [0.3, 0.4) is 0 Å². The Bertz CT molecular complexity index is 880. The van der Waals surface area contributed by atoms with Crippen molar-refractivity contribution in [2.75, 3.05) is 19.0 Å². The molecular formula is C24H29N3O2. The van der Waals surface area contributed by atoms with Gasteiger partial charge >= 0.3 is 0 Å². The fourth-order valence-corrected chi connectivity index (χ4v) is 3.39. The lowest BCUT2D eigenvalue weighted by Gasteiger charge is -2.26. The van der Waals surface area contributed by atoms with Crippen molar-refractivity contribution in [2.24, 2.45) is 0 Å². The van der Waals surface area contributed by atoms with Crippen LogP contribution in [0, 0.1) is 0 Å². The van der Waals surface area contributed by atoms with Crippen LogP contribution in [0.25, 0.3) is 0 Å². The lowest BCUT2D eigenvalue weighted by Crippen LogP contribution is -2.26. The van der Waals surface area contributed by atoms with Gasteiger partial charge in [-0.05, 0) is 73.7 Å². The van der Waals surface area contributed by atoms with E-state index in [0.29, 0.717) is 5.69 Å². The van der Waals surface area contributed by atoms with Crippen LogP contribution in [-0.2, 0) is 12.0 Å². The zero-order valence-corrected chi connectivity index (χ0v) is 17.1. The van der Waals surface area contributed by atoms with Gasteiger partial charge in [-0.1, -0.05) is 18.6 Å². The van der Waals surface area contributed by atoms with Gasteiger partial charge in [-0.2, -0.15) is 0 Å². The molecule has 0 aliphatic heterocycles. The fraction of sp³-hybridized carbons (Fsp3) is 0.333. The Morgan fingerprint density at radius 3 is 2.45 bits per heavy atom. The Morgan fingerprint density at radius 1 is 0.966 bits per heavy atom. The van der Waals surface area contributed by atoms with Gasteiger partial charge in [0.25, 0.3) is 0 Å². The monoisotopic (exact) mass is 391 g/mol. The third-order valence-corrected chi connectivity index (χ3v) is 5.13. The number of pyridine rings is 2. The standard InChI is InChI=1S/C24H29N3O2/c1-24(28,20-9-11-21(29-2)12-10-20)23-22(8-6-16-27-23)26-15-5-3-4-7-19-13-17-25-18-14-19/h6,8-14,16-18,26,28H,3-5,7,15H2,1-2H3. The number of unbranched alkanes of at least 4 members (excludes halogenated alkanes) is 2. The molecule has 2 aromatic heterocycles. The predicted octanol–water partition coefficient (Wildman–Crippen LogP) is 4.57. The summed E-state index contributed by atoms with van der Waals surface area (Å²) in [7, 11) is 1.63. The van der Waals surface area contributed by atoms with Crippen LogP contribution in [-0.4, -0.2) is 28.7 Å². The van der Waals surface area contributed by atoms with Crippen LogP contribution in [0.1, 0.15) is 43.0 Å². The highest BCUT2D eigenvalue weighted by Gasteiger charge is 2.29. The van der Waals surface area contributed by atoms with Crippen molar-refractivity contribution in [2.45, 2.75) is 38.2 Å². The molecule has 0 bridgehead atoms. The average molecular weight is 392 g/mol. The van der Waals surface area contributed by atoms with Gasteiger partial charge in [0.1, 0.15) is 11.4 Å². The number of nitrogens with one attached hydrogen (secondary N) is 1. The number of hydrogen-bond acceptors (Lipinski definition) is 5. The third kappa shape index (κ3) is 5.55. The van der Waals surface area contributed by atoms with Crippen LogP contribution in [0.4, 0.5) is 5.69 Å². The summed E-state index contributed by atoms with van der Waals surface area (Å²) in [5.41, 5.74) is 2.40. The summed E-state index contributed by atoms with van der Waals surface area (Å²) >= 11 is 0. The second kappa shape index (κ2) is 10.0. The summed E-state index contributed by atoms with van der Waals surface area (Å²) in [4.78, 5) is 8.53. The maximum absolute atomic E-state index is 11.2. The molecule has 0 saturated heterocycles. The number of nitrogens with zero attached hydrogens (tertiary/aromatic N) is 2. The van der Waals surface area contributed by atoms with E-state index in [0.717, 1.165) is 49.2 Å². The number of rotatable bonds is 10. The third-order valence-electron chi connectivity index (χ3n) is 5.13. The first-order chi connectivity index (χ1) is 14.1. The van der Waals surface area contributed by atoms with Gasteiger partial charge in [0.15, 0.2) is 0 Å². The molecule has 0 saturated carbocycles. The van der Waals surface area contributed by atoms with E-state index in [9.17, 15) is 5.11 Å². The molecule has 0 spiro atoms. The van der Waals surface area contributed by atoms with Crippen molar-refractivity contribution < 1.29 is 9.84 Å². The van der Waals surface area contributed by atoms with E-state index in [1.54, 1.807) is 20.2 Å². The average Bonchev–Trinajstić information content (AvgIpc) is 2.77. The molecule has 3 rings (SSSR count). The summed E-state index contributed by atoms with van der Waals surface area (Å²) < 4.78 is 5.21. The Kier molecular flexibility index (Phi) is 7.19. The lowest BCUT2D eigenvalue weighted by molar-refractivity contribution is 0.0981. The molecule has 0 aliphatic rings. The van der Waals surface area contributed by atoms with Crippen LogP contribution in [0.15, 0.2) is 67.1 Å². The van der Waals surface area contributed by atoms with Crippen LogP contribution >= 0.6 is 0 Å². The molecular weight excluding hydrogens is 362 g/mol. The molecule has 0 fully saturated rings. The maximum atomic E-state index is 11.2. The van der Waals surface area contributed by atoms with Crippen molar-refractivity contribution >= 4 is 5.69 Å². The molecule has 5 nitrogen and oxygen atoms in total. The molecule has 1 unspecified atom stereocenters. The summed E-state index contributed by atoms with van der Waals surface area (Å²) in [6.45, 7) is 2.62. The highest BCUT2D eigenvalue weighted by molar-refractivity contribution is 5.53. The van der Waals surface area contributed by atoms with Gasteiger partial charge in [0.2, 0.25) is 0 Å². The van der Waals surface area contributed by atoms with Gasteiger partial charge in [-0.15, -0.1) is 0 Å². The van der Waals surface area contributed by atoms with Crippen LogP contribution in [0.2, 0.25) is 0 Å². The molecule has 0 amide bonds. The van der Waals surface area contributed by atoms with E-state index in [1.165, 1.54) is 5.56 Å². The van der Waals surface area contributed by atoms with Gasteiger partial charge in [0, 0.05) is 25.1 Å². The number of hydrogen-bond donors (Lipinski definition) is 2. The second-order valence-corrected chi connectivity index (χ2v) is 7.29. The predicted molar refractivity (Wildman–Crippen MR) is 116 cm³/mol. The van der Waals surface area contributed by atoms with Crippen molar-refractivity contribution in [3.05, 3.63) is 83.9 Å². The van der Waals surface area contributed by atoms with Gasteiger partial charge in [-0.3, -0.25) is 9.97 Å². The van der Waals surface area contributed by atoms with Crippen molar-refractivity contribution in [3.8, 4) is 5.75 Å². The first-order valence-electron chi connectivity index (χ1n) is 10.1. The van der Waals surface area contributed by atoms with Gasteiger partial charge in [0.05, 0.1) is 18.5 Å². The normalized spacial score (nSPS) is 12.9. The van der Waals surface area contributed by atoms with Gasteiger partial charge in [-0.25, -0.2) is 0 Å². The number of benzene rings is 1. The van der Waals surface area contributed by atoms with E-state index < -0.39 is 5.60 Å². The minimum Gasteiger partial charge on any atom is -0.497 e. The minimum atomic E-state index is -1.20. The first-order valence-corrected chi connectivity index (χ1v) is 10.1. The molecule has 0 radical (unpaired) electrons. The van der Waals surface area contributed by atoms with Gasteiger partial charge < -0.3 is 15.2 Å². The number of aryl methyl sites for hydroxylation is 1. The molecule has 2 heterocycles. The van der Waals surface area contributed by atoms with Crippen LogP contribution in [0.5, 0.6) is 5.75 Å². The maximum Gasteiger partial charge on any atom is 0.131 e. The topological polar surface area (TPSA) is 67.3 Å². The lowest BCUT2D eigenvalue weighted by atomic mass is 9.91. The smallest absolute Gasteiger partial charge is 0.131 e. The molecule has 2 N–H and O–H groups in total.